The van der Waals surface area contributed by atoms with Crippen LogP contribution < -0.4 is 0 Å². The van der Waals surface area contributed by atoms with Crippen molar-refractivity contribution in [1.29, 1.82) is 0 Å². The van der Waals surface area contributed by atoms with Gasteiger partial charge in [0.05, 0.1) is 6.20 Å². The highest BCUT2D eigenvalue weighted by Crippen LogP contribution is 2.25. The van der Waals surface area contributed by atoms with Crippen LogP contribution in [-0.2, 0) is 0 Å². The van der Waals surface area contributed by atoms with E-state index >= 15 is 0 Å². The molecule has 1 amide bonds. The van der Waals surface area contributed by atoms with Gasteiger partial charge in [-0.25, -0.2) is 4.98 Å². The number of benzene rings is 1. The molecule has 29 heavy (non-hydrogen) atoms. The van der Waals surface area contributed by atoms with Gasteiger partial charge in [0.25, 0.3) is 5.91 Å². The van der Waals surface area contributed by atoms with Crippen molar-refractivity contribution in [3.63, 3.8) is 0 Å². The second kappa shape index (κ2) is 8.19. The number of hydrogen-bond acceptors (Lipinski definition) is 3. The molecular formula is C24H27N3O2. The zero-order valence-corrected chi connectivity index (χ0v) is 17.1. The number of carbonyl (C=O) groups excluding carboxylic acids is 2. The predicted octanol–water partition coefficient (Wildman–Crippen LogP) is 4.67. The molecule has 0 bridgehead atoms. The lowest BCUT2D eigenvalue weighted by molar-refractivity contribution is 0.0647. The Bertz CT molecular complexity index is 1050. The minimum absolute atomic E-state index is 0.0660. The van der Waals surface area contributed by atoms with Crippen LogP contribution in [0, 0.1) is 6.92 Å². The predicted molar refractivity (Wildman–Crippen MR) is 113 cm³/mol. The number of carbonyl (C=O) groups is 2. The van der Waals surface area contributed by atoms with Crippen molar-refractivity contribution in [3.8, 4) is 0 Å². The van der Waals surface area contributed by atoms with Gasteiger partial charge in [0, 0.05) is 29.9 Å². The van der Waals surface area contributed by atoms with Gasteiger partial charge in [-0.15, -0.1) is 0 Å². The number of hydrogen-bond donors (Lipinski definition) is 0. The van der Waals surface area contributed by atoms with E-state index in [-0.39, 0.29) is 11.7 Å². The Balaban J connectivity index is 1.60. The molecule has 5 heteroatoms. The van der Waals surface area contributed by atoms with E-state index in [2.05, 4.69) is 4.98 Å². The minimum Gasteiger partial charge on any atom is -0.336 e. The lowest BCUT2D eigenvalue weighted by Crippen LogP contribution is -2.41. The average molecular weight is 389 g/mol. The zero-order valence-electron chi connectivity index (χ0n) is 17.1. The molecule has 4 rings (SSSR count). The lowest BCUT2D eigenvalue weighted by Gasteiger charge is -2.33. The first kappa shape index (κ1) is 19.4. The third-order valence-electron chi connectivity index (χ3n) is 5.98. The fraction of sp³-hybridized carbons (Fsp3) is 0.375. The highest BCUT2D eigenvalue weighted by atomic mass is 16.2. The van der Waals surface area contributed by atoms with Crippen LogP contribution in [0.15, 0.2) is 48.8 Å². The molecule has 1 aromatic carbocycles. The number of pyridine rings is 1. The summed E-state index contributed by atoms with van der Waals surface area (Å²) >= 11 is 0. The molecule has 0 unspecified atom stereocenters. The molecule has 0 saturated heterocycles. The average Bonchev–Trinajstić information content (AvgIpc) is 3.18. The normalized spacial score (nSPS) is 14.8. The van der Waals surface area contributed by atoms with E-state index < -0.39 is 0 Å². The van der Waals surface area contributed by atoms with E-state index in [9.17, 15) is 9.59 Å². The van der Waals surface area contributed by atoms with Crippen LogP contribution in [0.1, 0.15) is 71.0 Å². The Morgan fingerprint density at radius 2 is 1.93 bits per heavy atom. The van der Waals surface area contributed by atoms with E-state index in [0.29, 0.717) is 29.4 Å². The van der Waals surface area contributed by atoms with Crippen molar-refractivity contribution in [2.45, 2.75) is 52.0 Å². The first-order valence-corrected chi connectivity index (χ1v) is 10.5. The van der Waals surface area contributed by atoms with Gasteiger partial charge in [0.15, 0.2) is 0 Å². The lowest BCUT2D eigenvalue weighted by atomic mass is 9.93. The molecule has 2 heterocycles. The number of fused-ring (bicyclic) bond motifs is 1. The smallest absolute Gasteiger partial charge is 0.254 e. The number of ketones is 1. The third-order valence-corrected chi connectivity index (χ3v) is 5.98. The summed E-state index contributed by atoms with van der Waals surface area (Å²) in [6.07, 6.45) is 9.28. The molecule has 1 aliphatic carbocycles. The fourth-order valence-electron chi connectivity index (χ4n) is 4.42. The summed E-state index contributed by atoms with van der Waals surface area (Å²) in [6.45, 7) is 4.65. The maximum absolute atomic E-state index is 13.1. The quantitative estimate of drug-likeness (QED) is 0.596. The van der Waals surface area contributed by atoms with Gasteiger partial charge in [-0.05, 0) is 62.6 Å². The minimum atomic E-state index is -0.0835. The molecule has 1 fully saturated rings. The molecule has 0 aliphatic heterocycles. The molecule has 0 radical (unpaired) electrons. The Kier molecular flexibility index (Phi) is 5.47. The molecule has 3 aromatic rings. The van der Waals surface area contributed by atoms with Crippen LogP contribution in [0.3, 0.4) is 0 Å². The largest absolute Gasteiger partial charge is 0.336 e. The van der Waals surface area contributed by atoms with Crippen LogP contribution in [0.5, 0.6) is 0 Å². The van der Waals surface area contributed by atoms with Gasteiger partial charge in [0.1, 0.15) is 11.3 Å². The number of aryl methyl sites for hydroxylation is 1. The SMILES string of the molecule is CCN(C(=O)c1ccc(C(=O)c2cnc3ccccn23)c(C)c1)C1CCCCC1. The molecule has 0 N–H and O–H groups in total. The van der Waals surface area contributed by atoms with Crippen molar-refractivity contribution in [2.24, 2.45) is 0 Å². The number of imidazole rings is 1. The van der Waals surface area contributed by atoms with Gasteiger partial charge < -0.3 is 4.90 Å². The Morgan fingerprint density at radius 1 is 1.14 bits per heavy atom. The van der Waals surface area contributed by atoms with Crippen molar-refractivity contribution < 1.29 is 9.59 Å². The molecule has 2 aromatic heterocycles. The van der Waals surface area contributed by atoms with Crippen LogP contribution >= 0.6 is 0 Å². The summed E-state index contributed by atoms with van der Waals surface area (Å²) < 4.78 is 1.79. The summed E-state index contributed by atoms with van der Waals surface area (Å²) in [5.41, 5.74) is 3.34. The summed E-state index contributed by atoms with van der Waals surface area (Å²) in [5.74, 6) is -0.0175. The van der Waals surface area contributed by atoms with E-state index in [1.54, 1.807) is 22.7 Å². The first-order valence-electron chi connectivity index (χ1n) is 10.5. The maximum Gasteiger partial charge on any atom is 0.254 e. The molecule has 5 nitrogen and oxygen atoms in total. The standard InChI is InChI=1S/C24H27N3O2/c1-3-26(19-9-5-4-6-10-19)24(29)18-12-13-20(17(2)15-18)23(28)21-16-25-22-11-7-8-14-27(21)22/h7-8,11-16,19H,3-6,9-10H2,1-2H3. The first-order chi connectivity index (χ1) is 14.1. The monoisotopic (exact) mass is 389 g/mol. The van der Waals surface area contributed by atoms with Gasteiger partial charge in [-0.3, -0.25) is 14.0 Å². The molecule has 1 saturated carbocycles. The summed E-state index contributed by atoms with van der Waals surface area (Å²) in [5, 5.41) is 0. The molecule has 0 spiro atoms. The molecular weight excluding hydrogens is 362 g/mol. The van der Waals surface area contributed by atoms with Gasteiger partial charge >= 0.3 is 0 Å². The Labute approximate surface area is 171 Å². The second-order valence-corrected chi connectivity index (χ2v) is 7.81. The van der Waals surface area contributed by atoms with E-state index in [1.807, 2.05) is 49.2 Å². The molecule has 1 aliphatic rings. The number of aromatic nitrogens is 2. The van der Waals surface area contributed by atoms with E-state index in [4.69, 9.17) is 0 Å². The molecule has 0 atom stereocenters. The third kappa shape index (κ3) is 3.69. The van der Waals surface area contributed by atoms with Gasteiger partial charge in [0.2, 0.25) is 5.78 Å². The summed E-state index contributed by atoms with van der Waals surface area (Å²) in [4.78, 5) is 32.6. The zero-order chi connectivity index (χ0) is 20.4. The maximum atomic E-state index is 13.1. The van der Waals surface area contributed by atoms with Gasteiger partial charge in [-0.2, -0.15) is 0 Å². The molecule has 150 valence electrons. The number of nitrogens with zero attached hydrogens (tertiary/aromatic N) is 3. The van der Waals surface area contributed by atoms with Crippen molar-refractivity contribution in [2.75, 3.05) is 6.54 Å². The van der Waals surface area contributed by atoms with Gasteiger partial charge in [-0.1, -0.05) is 25.3 Å². The number of rotatable bonds is 5. The van der Waals surface area contributed by atoms with E-state index in [0.717, 1.165) is 24.1 Å². The summed E-state index contributed by atoms with van der Waals surface area (Å²) in [6, 6.07) is 11.4. The van der Waals surface area contributed by atoms with Crippen LogP contribution in [-0.4, -0.2) is 38.6 Å². The van der Waals surface area contributed by atoms with Crippen molar-refractivity contribution in [3.05, 3.63) is 71.2 Å². The van der Waals surface area contributed by atoms with Crippen LogP contribution in [0.4, 0.5) is 0 Å². The van der Waals surface area contributed by atoms with E-state index in [1.165, 1.54) is 19.3 Å². The number of amides is 1. The summed E-state index contributed by atoms with van der Waals surface area (Å²) in [7, 11) is 0. The fourth-order valence-corrected chi connectivity index (χ4v) is 4.42. The Hall–Kier alpha value is -2.95. The highest BCUT2D eigenvalue weighted by Gasteiger charge is 2.26. The Morgan fingerprint density at radius 3 is 2.66 bits per heavy atom. The van der Waals surface area contributed by atoms with Crippen LogP contribution in [0.2, 0.25) is 0 Å². The van der Waals surface area contributed by atoms with Crippen LogP contribution in [0.25, 0.3) is 5.65 Å². The van der Waals surface area contributed by atoms with Crippen molar-refractivity contribution >= 4 is 17.3 Å². The van der Waals surface area contributed by atoms with Crippen molar-refractivity contribution in [1.82, 2.24) is 14.3 Å². The second-order valence-electron chi connectivity index (χ2n) is 7.81. The topological polar surface area (TPSA) is 54.7 Å². The highest BCUT2D eigenvalue weighted by molar-refractivity contribution is 6.09.